The van der Waals surface area contributed by atoms with Gasteiger partial charge in [0.1, 0.15) is 0 Å². The zero-order valence-corrected chi connectivity index (χ0v) is 11.5. The quantitative estimate of drug-likeness (QED) is 0.653. The summed E-state index contributed by atoms with van der Waals surface area (Å²) in [6.45, 7) is 0. The van der Waals surface area contributed by atoms with Crippen molar-refractivity contribution in [3.05, 3.63) is 35.7 Å². The van der Waals surface area contributed by atoms with Gasteiger partial charge in [-0.3, -0.25) is 9.59 Å². The monoisotopic (exact) mass is 302 g/mol. The predicted molar refractivity (Wildman–Crippen MR) is 76.9 cm³/mol. The number of nitrogens with zero attached hydrogens (tertiary/aromatic N) is 3. The van der Waals surface area contributed by atoms with Crippen LogP contribution in [0.15, 0.2) is 24.3 Å². The van der Waals surface area contributed by atoms with Gasteiger partial charge < -0.3 is 11.1 Å². The molecule has 0 bridgehead atoms. The third-order valence-corrected chi connectivity index (χ3v) is 3.68. The number of H-pyrrole nitrogens is 1. The first-order chi connectivity index (χ1) is 10.1. The van der Waals surface area contributed by atoms with Gasteiger partial charge in [-0.1, -0.05) is 18.2 Å². The van der Waals surface area contributed by atoms with Gasteiger partial charge in [0.15, 0.2) is 11.5 Å². The Hall–Kier alpha value is -2.81. The van der Waals surface area contributed by atoms with E-state index in [1.54, 1.807) is 0 Å². The van der Waals surface area contributed by atoms with E-state index in [2.05, 4.69) is 25.1 Å². The van der Waals surface area contributed by atoms with Gasteiger partial charge >= 0.3 is 0 Å². The molecule has 0 aliphatic rings. The summed E-state index contributed by atoms with van der Waals surface area (Å²) in [4.78, 5) is 23.1. The van der Waals surface area contributed by atoms with Crippen LogP contribution < -0.4 is 11.1 Å². The summed E-state index contributed by atoms with van der Waals surface area (Å²) in [5.41, 5.74) is 5.69. The Morgan fingerprint density at radius 2 is 2.10 bits per heavy atom. The summed E-state index contributed by atoms with van der Waals surface area (Å²) >= 11 is 1.33. The van der Waals surface area contributed by atoms with Crippen LogP contribution in [0.25, 0.3) is 10.1 Å². The van der Waals surface area contributed by atoms with Crippen molar-refractivity contribution in [2.24, 2.45) is 5.73 Å². The molecule has 4 N–H and O–H groups in total. The first-order valence-corrected chi connectivity index (χ1v) is 6.76. The Morgan fingerprint density at radius 1 is 1.29 bits per heavy atom. The van der Waals surface area contributed by atoms with E-state index < -0.39 is 5.91 Å². The minimum Gasteiger partial charge on any atom is -0.364 e. The summed E-state index contributed by atoms with van der Waals surface area (Å²) in [6, 6.07) is 7.66. The number of aromatic nitrogens is 4. The number of amides is 2. The number of benzene rings is 1. The molecule has 0 aliphatic heterocycles. The highest BCUT2D eigenvalue weighted by Crippen LogP contribution is 2.22. The van der Waals surface area contributed by atoms with Crippen LogP contribution in [0.2, 0.25) is 0 Å². The molecule has 2 heterocycles. The number of anilines is 1. The van der Waals surface area contributed by atoms with Crippen LogP contribution in [-0.2, 0) is 11.2 Å². The summed E-state index contributed by atoms with van der Waals surface area (Å²) in [6.07, 6.45) is 0.0784. The lowest BCUT2D eigenvalue weighted by Crippen LogP contribution is -2.19. The Labute approximate surface area is 122 Å². The molecule has 106 valence electrons. The molecule has 2 aromatic heterocycles. The van der Waals surface area contributed by atoms with Gasteiger partial charge in [0.05, 0.1) is 16.8 Å². The number of hydrogen-bond donors (Lipinski definition) is 3. The van der Waals surface area contributed by atoms with Crippen LogP contribution in [0.1, 0.15) is 16.2 Å². The van der Waals surface area contributed by atoms with E-state index in [0.717, 1.165) is 10.1 Å². The first-order valence-electron chi connectivity index (χ1n) is 5.99. The molecule has 0 spiro atoms. The second-order valence-electron chi connectivity index (χ2n) is 4.24. The van der Waals surface area contributed by atoms with Crippen molar-refractivity contribution in [1.82, 2.24) is 19.8 Å². The molecule has 2 amide bonds. The second kappa shape index (κ2) is 5.29. The molecule has 0 radical (unpaired) electrons. The van der Waals surface area contributed by atoms with E-state index in [9.17, 15) is 9.59 Å². The van der Waals surface area contributed by atoms with Crippen LogP contribution in [0, 0.1) is 0 Å². The lowest BCUT2D eigenvalue weighted by Gasteiger charge is -2.01. The molecule has 21 heavy (non-hydrogen) atoms. The second-order valence-corrected chi connectivity index (χ2v) is 5.04. The van der Waals surface area contributed by atoms with Gasteiger partial charge in [-0.25, -0.2) is 0 Å². The fraction of sp³-hybridized carbons (Fsp3) is 0.0833. The smallest absolute Gasteiger partial charge is 0.273 e. The van der Waals surface area contributed by atoms with Gasteiger partial charge in [0, 0.05) is 5.39 Å². The average Bonchev–Trinajstić information content (AvgIpc) is 3.06. The minimum absolute atomic E-state index is 0.0204. The SMILES string of the molecule is NC(=O)c1n[nH]nc1NC(=O)Cc1nsc2ccccc12. The van der Waals surface area contributed by atoms with E-state index in [1.165, 1.54) is 11.5 Å². The van der Waals surface area contributed by atoms with Crippen LogP contribution >= 0.6 is 11.5 Å². The van der Waals surface area contributed by atoms with Crippen molar-refractivity contribution in [3.8, 4) is 0 Å². The van der Waals surface area contributed by atoms with E-state index in [-0.39, 0.29) is 23.8 Å². The van der Waals surface area contributed by atoms with Gasteiger partial charge in [0.25, 0.3) is 5.91 Å². The minimum atomic E-state index is -0.766. The van der Waals surface area contributed by atoms with E-state index >= 15 is 0 Å². The number of aromatic amines is 1. The van der Waals surface area contributed by atoms with Crippen LogP contribution in [0.3, 0.4) is 0 Å². The molecule has 3 aromatic rings. The Morgan fingerprint density at radius 3 is 2.90 bits per heavy atom. The number of carbonyl (C=O) groups is 2. The van der Waals surface area contributed by atoms with Crippen LogP contribution in [-0.4, -0.2) is 31.6 Å². The summed E-state index contributed by atoms with van der Waals surface area (Å²) < 4.78 is 5.28. The largest absolute Gasteiger partial charge is 0.364 e. The maximum Gasteiger partial charge on any atom is 0.273 e. The molecule has 0 atom stereocenters. The molecule has 0 fully saturated rings. The topological polar surface area (TPSA) is 127 Å². The highest BCUT2D eigenvalue weighted by molar-refractivity contribution is 7.13. The fourth-order valence-corrected chi connectivity index (χ4v) is 2.68. The molecule has 9 heteroatoms. The van der Waals surface area contributed by atoms with Crippen molar-refractivity contribution >= 4 is 39.3 Å². The molecule has 3 rings (SSSR count). The number of rotatable bonds is 4. The molecule has 8 nitrogen and oxygen atoms in total. The van der Waals surface area contributed by atoms with Crippen LogP contribution in [0.5, 0.6) is 0 Å². The third kappa shape index (κ3) is 2.58. The zero-order chi connectivity index (χ0) is 14.8. The zero-order valence-electron chi connectivity index (χ0n) is 10.7. The van der Waals surface area contributed by atoms with Gasteiger partial charge in [-0.15, -0.1) is 10.2 Å². The third-order valence-electron chi connectivity index (χ3n) is 2.82. The number of primary amides is 1. The lowest BCUT2D eigenvalue weighted by atomic mass is 10.2. The van der Waals surface area contributed by atoms with Crippen molar-refractivity contribution < 1.29 is 9.59 Å². The first kappa shape index (κ1) is 13.2. The summed E-state index contributed by atoms with van der Waals surface area (Å²) in [5, 5.41) is 12.9. The van der Waals surface area contributed by atoms with Crippen LogP contribution in [0.4, 0.5) is 5.82 Å². The Balaban J connectivity index is 1.78. The van der Waals surface area contributed by atoms with E-state index in [4.69, 9.17) is 5.73 Å². The highest BCUT2D eigenvalue weighted by Gasteiger charge is 2.17. The highest BCUT2D eigenvalue weighted by atomic mass is 32.1. The predicted octanol–water partition coefficient (Wildman–Crippen LogP) is 0.694. The van der Waals surface area contributed by atoms with Crippen molar-refractivity contribution in [2.45, 2.75) is 6.42 Å². The van der Waals surface area contributed by atoms with E-state index in [0.29, 0.717) is 5.69 Å². The Kier molecular flexibility index (Phi) is 3.32. The number of nitrogens with one attached hydrogen (secondary N) is 2. The molecule has 0 saturated carbocycles. The normalized spacial score (nSPS) is 10.7. The van der Waals surface area contributed by atoms with Gasteiger partial charge in [-0.2, -0.15) is 9.59 Å². The molecular weight excluding hydrogens is 292 g/mol. The number of nitrogens with two attached hydrogens (primary N) is 1. The average molecular weight is 302 g/mol. The molecule has 1 aromatic carbocycles. The summed E-state index contributed by atoms with van der Waals surface area (Å²) in [7, 11) is 0. The Bertz CT molecular complexity index is 824. The van der Waals surface area contributed by atoms with Crippen molar-refractivity contribution in [1.29, 1.82) is 0 Å². The maximum absolute atomic E-state index is 12.0. The fourth-order valence-electron chi connectivity index (χ4n) is 1.88. The van der Waals surface area contributed by atoms with Crippen molar-refractivity contribution in [2.75, 3.05) is 5.32 Å². The molecule has 0 aliphatic carbocycles. The molecule has 0 unspecified atom stereocenters. The van der Waals surface area contributed by atoms with Gasteiger partial charge in [-0.05, 0) is 17.6 Å². The number of fused-ring (bicyclic) bond motifs is 1. The van der Waals surface area contributed by atoms with E-state index in [1.807, 2.05) is 24.3 Å². The standard InChI is InChI=1S/C12H10N6O2S/c13-11(20)10-12(16-18-15-10)14-9(19)5-7-6-3-1-2-4-8(6)21-17-7/h1-4H,5H2,(H2,13,20)(H2,14,15,16,18,19). The maximum atomic E-state index is 12.0. The summed E-state index contributed by atoms with van der Waals surface area (Å²) in [5.74, 6) is -1.09. The number of carbonyl (C=O) groups excluding carboxylic acids is 2. The number of hydrogen-bond acceptors (Lipinski definition) is 6. The van der Waals surface area contributed by atoms with Crippen molar-refractivity contribution in [3.63, 3.8) is 0 Å². The molecule has 0 saturated heterocycles. The van der Waals surface area contributed by atoms with Gasteiger partial charge in [0.2, 0.25) is 5.91 Å². The lowest BCUT2D eigenvalue weighted by molar-refractivity contribution is -0.115. The molecular formula is C12H10N6O2S.